The number of anilines is 1. The van der Waals surface area contributed by atoms with Crippen molar-refractivity contribution in [1.82, 2.24) is 0 Å². The van der Waals surface area contributed by atoms with Crippen molar-refractivity contribution in [2.75, 3.05) is 17.3 Å². The molecule has 1 amide bonds. The number of halogens is 1. The molecule has 1 rings (SSSR count). The van der Waals surface area contributed by atoms with Crippen LogP contribution in [-0.2, 0) is 14.6 Å². The highest BCUT2D eigenvalue weighted by Crippen LogP contribution is 2.23. The number of rotatable bonds is 5. The average Bonchev–Trinajstić information content (AvgIpc) is 2.20. The molecule has 0 bridgehead atoms. The molecule has 0 saturated carbocycles. The monoisotopic (exact) mass is 333 g/mol. The molecule has 4 nitrogen and oxygen atoms in total. The minimum atomic E-state index is -3.00. The van der Waals surface area contributed by atoms with Crippen molar-refractivity contribution in [3.05, 3.63) is 28.2 Å². The number of carbonyl (C=O) groups excluding carboxylic acids is 1. The summed E-state index contributed by atoms with van der Waals surface area (Å²) >= 11 is 3.36. The number of sulfone groups is 1. The molecular weight excluding hydrogens is 318 g/mol. The maximum Gasteiger partial charge on any atom is 0.224 e. The second kappa shape index (κ2) is 6.33. The van der Waals surface area contributed by atoms with Gasteiger partial charge in [-0.25, -0.2) is 8.42 Å². The molecule has 0 unspecified atom stereocenters. The third kappa shape index (κ3) is 5.64. The van der Waals surface area contributed by atoms with Gasteiger partial charge >= 0.3 is 0 Å². The van der Waals surface area contributed by atoms with E-state index in [2.05, 4.69) is 21.2 Å². The number of hydrogen-bond donors (Lipinski definition) is 1. The first-order valence-corrected chi connectivity index (χ1v) is 8.37. The van der Waals surface area contributed by atoms with Gasteiger partial charge in [0.1, 0.15) is 9.84 Å². The summed E-state index contributed by atoms with van der Waals surface area (Å²) in [6.07, 6.45) is 1.71. The van der Waals surface area contributed by atoms with Crippen LogP contribution in [0.3, 0.4) is 0 Å². The van der Waals surface area contributed by atoms with E-state index in [0.717, 1.165) is 10.0 Å². The summed E-state index contributed by atoms with van der Waals surface area (Å²) in [6.45, 7) is 1.96. The molecule has 0 saturated heterocycles. The van der Waals surface area contributed by atoms with Gasteiger partial charge in [-0.3, -0.25) is 4.79 Å². The molecule has 0 aromatic heterocycles. The SMILES string of the molecule is Cc1ccc(NC(=O)CCCS(C)(=O)=O)c(Br)c1. The summed E-state index contributed by atoms with van der Waals surface area (Å²) < 4.78 is 22.7. The van der Waals surface area contributed by atoms with Gasteiger partial charge in [0, 0.05) is 17.1 Å². The Morgan fingerprint density at radius 3 is 2.61 bits per heavy atom. The molecule has 0 aliphatic heterocycles. The van der Waals surface area contributed by atoms with E-state index in [-0.39, 0.29) is 18.1 Å². The van der Waals surface area contributed by atoms with Gasteiger partial charge in [0.2, 0.25) is 5.91 Å². The number of aryl methyl sites for hydroxylation is 1. The van der Waals surface area contributed by atoms with Crippen LogP contribution in [0.4, 0.5) is 5.69 Å². The Morgan fingerprint density at radius 1 is 1.39 bits per heavy atom. The van der Waals surface area contributed by atoms with Crippen LogP contribution in [0.2, 0.25) is 0 Å². The zero-order valence-electron chi connectivity index (χ0n) is 10.4. The first kappa shape index (κ1) is 15.2. The van der Waals surface area contributed by atoms with E-state index >= 15 is 0 Å². The third-order valence-corrected chi connectivity index (χ3v) is 4.00. The van der Waals surface area contributed by atoms with E-state index in [1.807, 2.05) is 25.1 Å². The fourth-order valence-electron chi connectivity index (χ4n) is 1.43. The molecule has 18 heavy (non-hydrogen) atoms. The van der Waals surface area contributed by atoms with E-state index in [4.69, 9.17) is 0 Å². The van der Waals surface area contributed by atoms with Crippen molar-refractivity contribution in [1.29, 1.82) is 0 Å². The van der Waals surface area contributed by atoms with Gasteiger partial charge < -0.3 is 5.32 Å². The fourth-order valence-corrected chi connectivity index (χ4v) is 2.69. The third-order valence-electron chi connectivity index (χ3n) is 2.32. The van der Waals surface area contributed by atoms with Gasteiger partial charge in [0.05, 0.1) is 11.4 Å². The number of benzene rings is 1. The molecule has 1 aromatic carbocycles. The predicted molar refractivity (Wildman–Crippen MR) is 76.5 cm³/mol. The molecule has 1 N–H and O–H groups in total. The van der Waals surface area contributed by atoms with Crippen LogP contribution < -0.4 is 5.32 Å². The Bertz CT molecular complexity index is 540. The second-order valence-corrected chi connectivity index (χ2v) is 7.38. The lowest BCUT2D eigenvalue weighted by atomic mass is 10.2. The molecular formula is C12H16BrNO3S. The average molecular weight is 334 g/mol. The van der Waals surface area contributed by atoms with Gasteiger partial charge in [0.15, 0.2) is 0 Å². The van der Waals surface area contributed by atoms with E-state index in [1.54, 1.807) is 0 Å². The molecule has 0 aliphatic carbocycles. The highest BCUT2D eigenvalue weighted by Gasteiger charge is 2.08. The molecule has 6 heteroatoms. The topological polar surface area (TPSA) is 63.2 Å². The van der Waals surface area contributed by atoms with E-state index in [1.165, 1.54) is 6.26 Å². The predicted octanol–water partition coefficient (Wildman–Crippen LogP) is 2.52. The van der Waals surface area contributed by atoms with Crippen LogP contribution in [-0.4, -0.2) is 26.3 Å². The van der Waals surface area contributed by atoms with Crippen molar-refractivity contribution in [3.63, 3.8) is 0 Å². The fraction of sp³-hybridized carbons (Fsp3) is 0.417. The van der Waals surface area contributed by atoms with Gasteiger partial charge in [-0.05, 0) is 47.0 Å². The van der Waals surface area contributed by atoms with Crippen LogP contribution in [0.15, 0.2) is 22.7 Å². The largest absolute Gasteiger partial charge is 0.325 e. The minimum absolute atomic E-state index is 0.0372. The van der Waals surface area contributed by atoms with Crippen LogP contribution in [0.25, 0.3) is 0 Å². The smallest absolute Gasteiger partial charge is 0.224 e. The Kier molecular flexibility index (Phi) is 5.34. The first-order valence-electron chi connectivity index (χ1n) is 5.51. The van der Waals surface area contributed by atoms with E-state index in [9.17, 15) is 13.2 Å². The van der Waals surface area contributed by atoms with E-state index < -0.39 is 9.84 Å². The first-order chi connectivity index (χ1) is 8.28. The van der Waals surface area contributed by atoms with Crippen molar-refractivity contribution in [2.45, 2.75) is 19.8 Å². The normalized spacial score (nSPS) is 11.3. The summed E-state index contributed by atoms with van der Waals surface area (Å²) in [5, 5.41) is 2.74. The van der Waals surface area contributed by atoms with E-state index in [0.29, 0.717) is 12.1 Å². The summed E-state index contributed by atoms with van der Waals surface area (Å²) in [5.41, 5.74) is 1.79. The zero-order chi connectivity index (χ0) is 13.8. The molecule has 0 heterocycles. The standard InChI is InChI=1S/C12H16BrNO3S/c1-9-5-6-11(10(13)8-9)14-12(15)4-3-7-18(2,16)17/h5-6,8H,3-4,7H2,1-2H3,(H,14,15). The van der Waals surface area contributed by atoms with Crippen molar-refractivity contribution in [3.8, 4) is 0 Å². The Hall–Kier alpha value is -0.880. The van der Waals surface area contributed by atoms with Gasteiger partial charge in [-0.15, -0.1) is 0 Å². The van der Waals surface area contributed by atoms with Gasteiger partial charge in [-0.1, -0.05) is 6.07 Å². The molecule has 100 valence electrons. The van der Waals surface area contributed by atoms with Crippen LogP contribution in [0.5, 0.6) is 0 Å². The number of amides is 1. The van der Waals surface area contributed by atoms with Crippen molar-refractivity contribution in [2.24, 2.45) is 0 Å². The maximum atomic E-state index is 11.6. The van der Waals surface area contributed by atoms with Crippen LogP contribution in [0, 0.1) is 6.92 Å². The molecule has 0 fully saturated rings. The summed E-state index contributed by atoms with van der Waals surface area (Å²) in [4.78, 5) is 11.6. The van der Waals surface area contributed by atoms with Gasteiger partial charge in [-0.2, -0.15) is 0 Å². The van der Waals surface area contributed by atoms with Crippen molar-refractivity contribution >= 4 is 37.4 Å². The van der Waals surface area contributed by atoms with Crippen LogP contribution in [0.1, 0.15) is 18.4 Å². The molecule has 0 aliphatic rings. The Morgan fingerprint density at radius 2 is 2.06 bits per heavy atom. The number of nitrogens with one attached hydrogen (secondary N) is 1. The summed E-state index contributed by atoms with van der Waals surface area (Å²) in [5.74, 6) is -0.140. The number of hydrogen-bond acceptors (Lipinski definition) is 3. The zero-order valence-corrected chi connectivity index (χ0v) is 12.8. The quantitative estimate of drug-likeness (QED) is 0.900. The molecule has 0 atom stereocenters. The second-order valence-electron chi connectivity index (χ2n) is 4.26. The highest BCUT2D eigenvalue weighted by molar-refractivity contribution is 9.10. The Balaban J connectivity index is 2.50. The Labute approximate surface area is 116 Å². The summed E-state index contributed by atoms with van der Waals surface area (Å²) in [6, 6.07) is 5.62. The highest BCUT2D eigenvalue weighted by atomic mass is 79.9. The lowest BCUT2D eigenvalue weighted by Gasteiger charge is -2.07. The van der Waals surface area contributed by atoms with Crippen LogP contribution >= 0.6 is 15.9 Å². The lowest BCUT2D eigenvalue weighted by molar-refractivity contribution is -0.116. The lowest BCUT2D eigenvalue weighted by Crippen LogP contribution is -2.14. The van der Waals surface area contributed by atoms with Crippen molar-refractivity contribution < 1.29 is 13.2 Å². The maximum absolute atomic E-state index is 11.6. The number of carbonyl (C=O) groups is 1. The van der Waals surface area contributed by atoms with Gasteiger partial charge in [0.25, 0.3) is 0 Å². The minimum Gasteiger partial charge on any atom is -0.325 e. The molecule has 0 radical (unpaired) electrons. The summed E-state index contributed by atoms with van der Waals surface area (Å²) in [7, 11) is -3.00. The molecule has 1 aromatic rings. The molecule has 0 spiro atoms.